The van der Waals surface area contributed by atoms with Gasteiger partial charge in [-0.15, -0.1) is 4.41 Å². The van der Waals surface area contributed by atoms with Crippen LogP contribution in [0.15, 0.2) is 24.3 Å². The van der Waals surface area contributed by atoms with E-state index in [-0.39, 0.29) is 13.1 Å². The number of ether oxygens (including phenoxy) is 1. The highest BCUT2D eigenvalue weighted by Gasteiger charge is 2.34. The molecule has 1 aromatic rings. The van der Waals surface area contributed by atoms with Gasteiger partial charge in [-0.05, 0) is 24.1 Å². The SMILES string of the molecule is COc1cccc(CN2CCCN(NC(C)=O)S2(=O)=O)c1. The standard InChI is InChI=1S/C13H19N3O4S/c1-11(17)14-16-8-4-7-15(21(16,18)19)10-12-5-3-6-13(9-12)20-2/h3,5-6,9H,4,7-8,10H2,1-2H3,(H,14,17). The lowest BCUT2D eigenvalue weighted by atomic mass is 10.2. The molecular formula is C13H19N3O4S. The number of carbonyl (C=O) groups excluding carboxylic acids is 1. The van der Waals surface area contributed by atoms with Crippen LogP contribution in [0.4, 0.5) is 0 Å². The molecule has 7 nitrogen and oxygen atoms in total. The molecule has 0 unspecified atom stereocenters. The van der Waals surface area contributed by atoms with Crippen molar-refractivity contribution in [2.75, 3.05) is 20.2 Å². The summed E-state index contributed by atoms with van der Waals surface area (Å²) in [5, 5.41) is 0. The van der Waals surface area contributed by atoms with Crippen molar-refractivity contribution in [2.45, 2.75) is 19.9 Å². The number of hydrazine groups is 1. The fraction of sp³-hybridized carbons (Fsp3) is 0.462. The van der Waals surface area contributed by atoms with Crippen LogP contribution in [0.5, 0.6) is 5.75 Å². The van der Waals surface area contributed by atoms with Gasteiger partial charge in [0.1, 0.15) is 5.75 Å². The molecule has 1 aliphatic rings. The number of nitrogens with zero attached hydrogens (tertiary/aromatic N) is 2. The van der Waals surface area contributed by atoms with Gasteiger partial charge in [0.2, 0.25) is 5.91 Å². The maximum Gasteiger partial charge on any atom is 0.299 e. The molecule has 1 fully saturated rings. The molecule has 0 spiro atoms. The molecule has 1 aliphatic heterocycles. The molecule has 8 heteroatoms. The average Bonchev–Trinajstić information content (AvgIpc) is 2.43. The van der Waals surface area contributed by atoms with Crippen molar-refractivity contribution in [2.24, 2.45) is 0 Å². The highest BCUT2D eigenvalue weighted by Crippen LogP contribution is 2.20. The van der Waals surface area contributed by atoms with E-state index in [9.17, 15) is 13.2 Å². The molecule has 0 aromatic heterocycles. The van der Waals surface area contributed by atoms with E-state index >= 15 is 0 Å². The molecule has 2 rings (SSSR count). The molecule has 1 heterocycles. The first-order valence-corrected chi connectivity index (χ1v) is 8.01. The molecule has 1 N–H and O–H groups in total. The minimum atomic E-state index is -3.68. The Hall–Kier alpha value is -1.64. The van der Waals surface area contributed by atoms with E-state index in [0.29, 0.717) is 18.7 Å². The van der Waals surface area contributed by atoms with Gasteiger partial charge in [-0.2, -0.15) is 12.7 Å². The molecule has 0 atom stereocenters. The minimum absolute atomic E-state index is 0.246. The number of methoxy groups -OCH3 is 1. The van der Waals surface area contributed by atoms with Crippen molar-refractivity contribution in [1.29, 1.82) is 0 Å². The maximum atomic E-state index is 12.4. The number of amides is 1. The summed E-state index contributed by atoms with van der Waals surface area (Å²) in [7, 11) is -2.12. The number of rotatable bonds is 4. The molecule has 1 amide bonds. The van der Waals surface area contributed by atoms with E-state index in [2.05, 4.69) is 5.43 Å². The summed E-state index contributed by atoms with van der Waals surface area (Å²) in [6.07, 6.45) is 0.656. The molecule has 1 saturated heterocycles. The van der Waals surface area contributed by atoms with E-state index in [4.69, 9.17) is 4.74 Å². The molecular weight excluding hydrogens is 294 g/mol. The van der Waals surface area contributed by atoms with Crippen LogP contribution in [-0.2, 0) is 21.5 Å². The Balaban J connectivity index is 2.16. The van der Waals surface area contributed by atoms with Gasteiger partial charge in [0.05, 0.1) is 7.11 Å². The number of nitrogens with one attached hydrogen (secondary N) is 1. The first-order chi connectivity index (χ1) is 9.93. The highest BCUT2D eigenvalue weighted by atomic mass is 32.2. The van der Waals surface area contributed by atoms with Crippen LogP contribution in [0, 0.1) is 0 Å². The minimum Gasteiger partial charge on any atom is -0.497 e. The lowest BCUT2D eigenvalue weighted by Crippen LogP contribution is -2.55. The van der Waals surface area contributed by atoms with Gasteiger partial charge in [0.25, 0.3) is 10.2 Å². The van der Waals surface area contributed by atoms with Crippen LogP contribution < -0.4 is 10.2 Å². The number of benzene rings is 1. The Morgan fingerprint density at radius 2 is 2.14 bits per heavy atom. The van der Waals surface area contributed by atoms with Gasteiger partial charge >= 0.3 is 0 Å². The van der Waals surface area contributed by atoms with Gasteiger partial charge in [0, 0.05) is 26.6 Å². The molecule has 0 aliphatic carbocycles. The van der Waals surface area contributed by atoms with Crippen LogP contribution in [-0.4, -0.2) is 43.2 Å². The zero-order valence-corrected chi connectivity index (χ0v) is 12.9. The summed E-state index contributed by atoms with van der Waals surface area (Å²) in [6, 6.07) is 7.26. The Morgan fingerprint density at radius 3 is 2.81 bits per heavy atom. The largest absolute Gasteiger partial charge is 0.497 e. The van der Waals surface area contributed by atoms with Gasteiger partial charge in [-0.3, -0.25) is 10.2 Å². The maximum absolute atomic E-state index is 12.4. The van der Waals surface area contributed by atoms with Crippen LogP contribution in [0.25, 0.3) is 0 Å². The predicted octanol–water partition coefficient (Wildman–Crippen LogP) is 0.499. The topological polar surface area (TPSA) is 79.0 Å². The van der Waals surface area contributed by atoms with Gasteiger partial charge in [-0.25, -0.2) is 0 Å². The highest BCUT2D eigenvalue weighted by molar-refractivity contribution is 7.86. The second kappa shape index (κ2) is 6.42. The lowest BCUT2D eigenvalue weighted by Gasteiger charge is -2.34. The smallest absolute Gasteiger partial charge is 0.299 e. The van der Waals surface area contributed by atoms with Crippen molar-refractivity contribution in [3.63, 3.8) is 0 Å². The average molecular weight is 313 g/mol. The Bertz CT molecular complexity index is 618. The third kappa shape index (κ3) is 3.72. The second-order valence-corrected chi connectivity index (χ2v) is 6.64. The molecule has 21 heavy (non-hydrogen) atoms. The zero-order valence-electron chi connectivity index (χ0n) is 12.1. The van der Waals surface area contributed by atoms with Crippen molar-refractivity contribution < 1.29 is 17.9 Å². The van der Waals surface area contributed by atoms with E-state index in [1.54, 1.807) is 19.2 Å². The molecule has 0 bridgehead atoms. The van der Waals surface area contributed by atoms with Crippen LogP contribution in [0.2, 0.25) is 0 Å². The Labute approximate surface area is 124 Å². The van der Waals surface area contributed by atoms with Gasteiger partial charge in [-0.1, -0.05) is 12.1 Å². The van der Waals surface area contributed by atoms with Crippen LogP contribution in [0.3, 0.4) is 0 Å². The van der Waals surface area contributed by atoms with Crippen LogP contribution in [0.1, 0.15) is 18.9 Å². The predicted molar refractivity (Wildman–Crippen MR) is 77.5 cm³/mol. The fourth-order valence-corrected chi connectivity index (χ4v) is 3.74. The Morgan fingerprint density at radius 1 is 1.38 bits per heavy atom. The molecule has 1 aromatic carbocycles. The summed E-state index contributed by atoms with van der Waals surface area (Å²) >= 11 is 0. The summed E-state index contributed by atoms with van der Waals surface area (Å²) in [5.74, 6) is 0.280. The molecule has 116 valence electrons. The first-order valence-electron chi connectivity index (χ1n) is 6.61. The van der Waals surface area contributed by atoms with E-state index in [1.807, 2.05) is 12.1 Å². The summed E-state index contributed by atoms with van der Waals surface area (Å²) in [5.41, 5.74) is 3.19. The van der Waals surface area contributed by atoms with Crippen molar-refractivity contribution >= 4 is 16.1 Å². The van der Waals surface area contributed by atoms with Crippen molar-refractivity contribution in [3.8, 4) is 5.75 Å². The third-order valence-corrected chi connectivity index (χ3v) is 4.94. The molecule has 0 saturated carbocycles. The van der Waals surface area contributed by atoms with Crippen molar-refractivity contribution in [1.82, 2.24) is 14.1 Å². The van der Waals surface area contributed by atoms with E-state index in [1.165, 1.54) is 11.2 Å². The van der Waals surface area contributed by atoms with Crippen LogP contribution >= 0.6 is 0 Å². The fourth-order valence-electron chi connectivity index (χ4n) is 2.19. The summed E-state index contributed by atoms with van der Waals surface area (Å²) in [4.78, 5) is 11.1. The second-order valence-electron chi connectivity index (χ2n) is 4.79. The zero-order chi connectivity index (χ0) is 15.5. The van der Waals surface area contributed by atoms with E-state index in [0.717, 1.165) is 9.98 Å². The van der Waals surface area contributed by atoms with Gasteiger partial charge in [0.15, 0.2) is 0 Å². The number of hydrogen-bond donors (Lipinski definition) is 1. The van der Waals surface area contributed by atoms with Crippen molar-refractivity contribution in [3.05, 3.63) is 29.8 Å². The summed E-state index contributed by atoms with van der Waals surface area (Å²) in [6.45, 7) is 2.25. The monoisotopic (exact) mass is 313 g/mol. The lowest BCUT2D eigenvalue weighted by molar-refractivity contribution is -0.122. The molecule has 0 radical (unpaired) electrons. The summed E-state index contributed by atoms with van der Waals surface area (Å²) < 4.78 is 32.3. The Kier molecular flexibility index (Phi) is 4.81. The number of hydrogen-bond acceptors (Lipinski definition) is 4. The number of carbonyl (C=O) groups is 1. The quantitative estimate of drug-likeness (QED) is 0.878. The third-order valence-electron chi connectivity index (χ3n) is 3.15. The first kappa shape index (κ1) is 15.7. The normalized spacial score (nSPS) is 19.1. The van der Waals surface area contributed by atoms with E-state index < -0.39 is 16.1 Å². The van der Waals surface area contributed by atoms with Gasteiger partial charge < -0.3 is 4.74 Å².